The van der Waals surface area contributed by atoms with E-state index in [2.05, 4.69) is 16.4 Å². The number of amides is 1. The smallest absolute Gasteiger partial charge is 0.241 e. The Bertz CT molecular complexity index is 873. The van der Waals surface area contributed by atoms with E-state index in [1.807, 2.05) is 11.8 Å². The molecule has 3 aliphatic heterocycles. The van der Waals surface area contributed by atoms with Gasteiger partial charge in [-0.2, -0.15) is 4.31 Å². The minimum absolute atomic E-state index is 0.00950. The molecule has 4 heterocycles. The highest BCUT2D eigenvalue weighted by atomic mass is 32.2. The highest BCUT2D eigenvalue weighted by Gasteiger charge is 2.40. The molecular formula is C21H35N5O3S. The van der Waals surface area contributed by atoms with Gasteiger partial charge in [-0.3, -0.25) is 9.69 Å². The number of piperazine rings is 1. The Labute approximate surface area is 180 Å². The molecule has 9 heteroatoms. The Balaban J connectivity index is 1.36. The maximum atomic E-state index is 13.1. The van der Waals surface area contributed by atoms with Crippen molar-refractivity contribution >= 4 is 15.9 Å². The fraction of sp³-hybridized carbons (Fsp3) is 0.810. The molecule has 0 unspecified atom stereocenters. The van der Waals surface area contributed by atoms with Gasteiger partial charge in [-0.25, -0.2) is 13.4 Å². The Morgan fingerprint density at radius 1 is 1.07 bits per heavy atom. The molecule has 1 aromatic rings. The molecule has 0 spiro atoms. The number of aryl methyl sites for hydroxylation is 2. The monoisotopic (exact) mass is 437 g/mol. The quantitative estimate of drug-likeness (QED) is 0.672. The summed E-state index contributed by atoms with van der Waals surface area (Å²) in [4.78, 5) is 22.2. The van der Waals surface area contributed by atoms with Crippen LogP contribution >= 0.6 is 0 Å². The molecule has 0 bridgehead atoms. The molecule has 0 N–H and O–H groups in total. The zero-order chi connectivity index (χ0) is 21.3. The van der Waals surface area contributed by atoms with Crippen molar-refractivity contribution in [1.29, 1.82) is 0 Å². The molecule has 0 aromatic carbocycles. The van der Waals surface area contributed by atoms with Gasteiger partial charge in [-0.1, -0.05) is 6.92 Å². The van der Waals surface area contributed by atoms with Crippen molar-refractivity contribution in [2.75, 3.05) is 38.5 Å². The largest absolute Gasteiger partial charge is 0.339 e. The molecule has 1 aromatic heterocycles. The second kappa shape index (κ2) is 8.96. The summed E-state index contributed by atoms with van der Waals surface area (Å²) in [6.07, 6.45) is 5.51. The van der Waals surface area contributed by atoms with Crippen LogP contribution in [0.25, 0.3) is 0 Å². The molecule has 3 aliphatic rings. The van der Waals surface area contributed by atoms with Gasteiger partial charge in [0.1, 0.15) is 11.9 Å². The van der Waals surface area contributed by atoms with E-state index in [9.17, 15) is 13.2 Å². The maximum Gasteiger partial charge on any atom is 0.241 e. The molecule has 2 saturated heterocycles. The molecule has 30 heavy (non-hydrogen) atoms. The van der Waals surface area contributed by atoms with Crippen LogP contribution in [0, 0.1) is 6.92 Å². The molecular weight excluding hydrogens is 402 g/mol. The number of rotatable bonds is 6. The summed E-state index contributed by atoms with van der Waals surface area (Å²) in [6, 6.07) is -0.503. The number of carbonyl (C=O) groups excluding carboxylic acids is 1. The second-order valence-electron chi connectivity index (χ2n) is 8.86. The van der Waals surface area contributed by atoms with E-state index in [-0.39, 0.29) is 11.7 Å². The number of hydrogen-bond donors (Lipinski definition) is 0. The number of carbonyl (C=O) groups is 1. The predicted octanol–water partition coefficient (Wildman–Crippen LogP) is 1.38. The van der Waals surface area contributed by atoms with Crippen LogP contribution in [-0.4, -0.2) is 82.5 Å². The average Bonchev–Trinajstić information content (AvgIpc) is 3.34. The first-order valence-electron chi connectivity index (χ1n) is 11.5. The Hall–Kier alpha value is -1.45. The zero-order valence-corrected chi connectivity index (χ0v) is 19.2. The number of nitrogens with zero attached hydrogens (tertiary/aromatic N) is 5. The highest BCUT2D eigenvalue weighted by Crippen LogP contribution is 2.25. The molecule has 0 aliphatic carbocycles. The lowest BCUT2D eigenvalue weighted by atomic mass is 10.1. The van der Waals surface area contributed by atoms with Crippen LogP contribution in [0.15, 0.2) is 0 Å². The van der Waals surface area contributed by atoms with E-state index in [4.69, 9.17) is 4.98 Å². The Morgan fingerprint density at radius 2 is 1.83 bits per heavy atom. The van der Waals surface area contributed by atoms with Gasteiger partial charge in [-0.15, -0.1) is 0 Å². The van der Waals surface area contributed by atoms with Crippen LogP contribution in [0.1, 0.15) is 56.2 Å². The average molecular weight is 438 g/mol. The van der Waals surface area contributed by atoms with E-state index in [0.717, 1.165) is 44.7 Å². The van der Waals surface area contributed by atoms with Crippen LogP contribution in [0.4, 0.5) is 0 Å². The number of imidazole rings is 1. The summed E-state index contributed by atoms with van der Waals surface area (Å²) < 4.78 is 29.0. The molecule has 0 saturated carbocycles. The van der Waals surface area contributed by atoms with Crippen molar-refractivity contribution in [1.82, 2.24) is 23.7 Å². The number of fused-ring (bicyclic) bond motifs is 1. The lowest BCUT2D eigenvalue weighted by Gasteiger charge is -2.37. The third-order valence-corrected chi connectivity index (χ3v) is 8.83. The Morgan fingerprint density at radius 3 is 2.57 bits per heavy atom. The normalized spacial score (nSPS) is 23.7. The predicted molar refractivity (Wildman–Crippen MR) is 116 cm³/mol. The topological polar surface area (TPSA) is 78.8 Å². The van der Waals surface area contributed by atoms with Gasteiger partial charge in [0.2, 0.25) is 15.9 Å². The summed E-state index contributed by atoms with van der Waals surface area (Å²) >= 11 is 0. The molecule has 0 radical (unpaired) electrons. The van der Waals surface area contributed by atoms with Crippen molar-refractivity contribution in [3.8, 4) is 0 Å². The number of hydrogen-bond acceptors (Lipinski definition) is 5. The third kappa shape index (κ3) is 4.29. The van der Waals surface area contributed by atoms with Gasteiger partial charge in [0.25, 0.3) is 0 Å². The van der Waals surface area contributed by atoms with Crippen molar-refractivity contribution < 1.29 is 13.2 Å². The Kier molecular flexibility index (Phi) is 6.50. The number of aromatic nitrogens is 2. The molecule has 1 atom stereocenters. The SMILES string of the molecule is CCCS(=O)(=O)N1CCC[C@@H]1C(=O)N1CCN(Cc2c(C)nc3n2CCCC3)CC1. The first-order chi connectivity index (χ1) is 14.4. The molecule has 4 rings (SSSR count). The van der Waals surface area contributed by atoms with Crippen LogP contribution in [0.3, 0.4) is 0 Å². The van der Waals surface area contributed by atoms with Gasteiger partial charge >= 0.3 is 0 Å². The van der Waals surface area contributed by atoms with Gasteiger partial charge in [-0.05, 0) is 39.0 Å². The second-order valence-corrected chi connectivity index (χ2v) is 10.9. The van der Waals surface area contributed by atoms with E-state index < -0.39 is 16.1 Å². The third-order valence-electron chi connectivity index (χ3n) is 6.75. The molecule has 168 valence electrons. The zero-order valence-electron chi connectivity index (χ0n) is 18.3. The van der Waals surface area contributed by atoms with Gasteiger partial charge < -0.3 is 9.47 Å². The van der Waals surface area contributed by atoms with Crippen LogP contribution in [0.5, 0.6) is 0 Å². The van der Waals surface area contributed by atoms with Crippen molar-refractivity contribution in [3.05, 3.63) is 17.2 Å². The summed E-state index contributed by atoms with van der Waals surface area (Å²) in [6.45, 7) is 9.35. The van der Waals surface area contributed by atoms with Gasteiger partial charge in [0.05, 0.1) is 17.1 Å². The summed E-state index contributed by atoms with van der Waals surface area (Å²) in [5.41, 5.74) is 2.45. The standard InChI is InChI=1S/C21H35N5O3S/c1-3-15-30(28,29)26-10-6-7-18(26)21(27)24-13-11-23(12-14-24)16-19-17(2)22-20-8-4-5-9-25(19)20/h18H,3-16H2,1-2H3/t18-/m1/s1. The minimum Gasteiger partial charge on any atom is -0.339 e. The van der Waals surface area contributed by atoms with Gasteiger partial charge in [0, 0.05) is 52.2 Å². The lowest BCUT2D eigenvalue weighted by Crippen LogP contribution is -2.54. The van der Waals surface area contributed by atoms with E-state index in [0.29, 0.717) is 32.5 Å². The maximum absolute atomic E-state index is 13.1. The fourth-order valence-corrected chi connectivity index (χ4v) is 6.86. The summed E-state index contributed by atoms with van der Waals surface area (Å²) in [5, 5.41) is 0. The molecule has 8 nitrogen and oxygen atoms in total. The van der Waals surface area contributed by atoms with Gasteiger partial charge in [0.15, 0.2) is 0 Å². The first kappa shape index (κ1) is 21.8. The van der Waals surface area contributed by atoms with Crippen molar-refractivity contribution in [2.45, 2.75) is 71.5 Å². The van der Waals surface area contributed by atoms with Crippen LogP contribution in [-0.2, 0) is 34.3 Å². The number of sulfonamides is 1. The fourth-order valence-electron chi connectivity index (χ4n) is 5.12. The lowest BCUT2D eigenvalue weighted by molar-refractivity contribution is -0.136. The first-order valence-corrected chi connectivity index (χ1v) is 13.1. The van der Waals surface area contributed by atoms with Crippen LogP contribution < -0.4 is 0 Å². The van der Waals surface area contributed by atoms with E-state index >= 15 is 0 Å². The van der Waals surface area contributed by atoms with E-state index in [1.165, 1.54) is 28.7 Å². The molecule has 2 fully saturated rings. The minimum atomic E-state index is -3.34. The van der Waals surface area contributed by atoms with Crippen molar-refractivity contribution in [3.63, 3.8) is 0 Å². The summed E-state index contributed by atoms with van der Waals surface area (Å²) in [5.74, 6) is 1.33. The van der Waals surface area contributed by atoms with E-state index in [1.54, 1.807) is 0 Å². The molecule has 1 amide bonds. The highest BCUT2D eigenvalue weighted by molar-refractivity contribution is 7.89. The van der Waals surface area contributed by atoms with Crippen molar-refractivity contribution in [2.24, 2.45) is 0 Å². The summed E-state index contributed by atoms with van der Waals surface area (Å²) in [7, 11) is -3.34. The van der Waals surface area contributed by atoms with Crippen LogP contribution in [0.2, 0.25) is 0 Å².